The maximum atomic E-state index is 13.0. The number of hydrogen-bond donors (Lipinski definition) is 0. The molecule has 0 fully saturated rings. The summed E-state index contributed by atoms with van der Waals surface area (Å²) in [7, 11) is 0. The van der Waals surface area contributed by atoms with Crippen LogP contribution in [-0.2, 0) is 6.18 Å². The van der Waals surface area contributed by atoms with Crippen molar-refractivity contribution in [1.82, 2.24) is 4.98 Å². The smallest absolute Gasteiger partial charge is 0.406 e. The van der Waals surface area contributed by atoms with Crippen LogP contribution in [0.3, 0.4) is 0 Å². The highest BCUT2D eigenvalue weighted by Gasteiger charge is 2.35. The molecule has 0 aliphatic heterocycles. The third-order valence-corrected chi connectivity index (χ3v) is 3.38. The van der Waals surface area contributed by atoms with Gasteiger partial charge in [0.15, 0.2) is 0 Å². The van der Waals surface area contributed by atoms with Gasteiger partial charge in [-0.2, -0.15) is 13.2 Å². The van der Waals surface area contributed by atoms with Crippen molar-refractivity contribution < 1.29 is 31.1 Å². The summed E-state index contributed by atoms with van der Waals surface area (Å²) in [6.45, 7) is 0. The Balaban J connectivity index is 2.56. The molecule has 1 heterocycles. The maximum absolute atomic E-state index is 13.0. The molecule has 0 amide bonds. The fourth-order valence-electron chi connectivity index (χ4n) is 1.80. The third kappa shape index (κ3) is 4.02. The maximum Gasteiger partial charge on any atom is 0.573 e. The zero-order valence-electron chi connectivity index (χ0n) is 10.5. The van der Waals surface area contributed by atoms with Crippen molar-refractivity contribution in [3.63, 3.8) is 0 Å². The van der Waals surface area contributed by atoms with Crippen LogP contribution in [0.25, 0.3) is 11.1 Å². The van der Waals surface area contributed by atoms with Gasteiger partial charge in [-0.3, -0.25) is 0 Å². The van der Waals surface area contributed by atoms with Crippen LogP contribution in [0.2, 0.25) is 0 Å². The lowest BCUT2D eigenvalue weighted by molar-refractivity contribution is -0.274. The number of rotatable bonds is 2. The molecule has 0 aliphatic carbocycles. The number of aromatic nitrogens is 1. The van der Waals surface area contributed by atoms with Crippen LogP contribution in [0.1, 0.15) is 5.56 Å². The molecule has 0 aliphatic rings. The fourth-order valence-corrected chi connectivity index (χ4v) is 2.56. The van der Waals surface area contributed by atoms with Gasteiger partial charge < -0.3 is 4.74 Å². The highest BCUT2D eigenvalue weighted by atomic mass is 127. The van der Waals surface area contributed by atoms with E-state index in [4.69, 9.17) is 0 Å². The SMILES string of the molecule is FC(F)(F)Oc1cccc(-c2c(C(F)(F)F)ccnc2I)c1. The van der Waals surface area contributed by atoms with E-state index in [1.54, 1.807) is 22.6 Å². The zero-order chi connectivity index (χ0) is 16.5. The molecule has 1 aromatic heterocycles. The van der Waals surface area contributed by atoms with Gasteiger partial charge >= 0.3 is 12.5 Å². The van der Waals surface area contributed by atoms with E-state index in [2.05, 4.69) is 9.72 Å². The van der Waals surface area contributed by atoms with Crippen molar-refractivity contribution in [3.8, 4) is 16.9 Å². The van der Waals surface area contributed by atoms with E-state index in [-0.39, 0.29) is 14.8 Å². The first-order chi connectivity index (χ1) is 10.1. The van der Waals surface area contributed by atoms with Crippen molar-refractivity contribution in [3.05, 3.63) is 45.8 Å². The zero-order valence-corrected chi connectivity index (χ0v) is 12.6. The van der Waals surface area contributed by atoms with E-state index in [1.807, 2.05) is 0 Å². The van der Waals surface area contributed by atoms with Crippen molar-refractivity contribution in [2.75, 3.05) is 0 Å². The van der Waals surface area contributed by atoms with Gasteiger partial charge in [-0.15, -0.1) is 13.2 Å². The minimum Gasteiger partial charge on any atom is -0.406 e. The van der Waals surface area contributed by atoms with E-state index in [1.165, 1.54) is 12.1 Å². The summed E-state index contributed by atoms with van der Waals surface area (Å²) >= 11 is 1.60. The van der Waals surface area contributed by atoms with Crippen molar-refractivity contribution >= 4 is 22.6 Å². The summed E-state index contributed by atoms with van der Waals surface area (Å²) in [5.74, 6) is -0.599. The van der Waals surface area contributed by atoms with Gasteiger partial charge in [0, 0.05) is 11.8 Å². The van der Waals surface area contributed by atoms with Crippen molar-refractivity contribution in [2.45, 2.75) is 12.5 Å². The first-order valence-electron chi connectivity index (χ1n) is 5.66. The number of ether oxygens (including phenoxy) is 1. The summed E-state index contributed by atoms with van der Waals surface area (Å²) in [5.41, 5.74) is -1.33. The highest BCUT2D eigenvalue weighted by molar-refractivity contribution is 14.1. The molecule has 0 atom stereocenters. The van der Waals surface area contributed by atoms with Crippen LogP contribution in [-0.4, -0.2) is 11.3 Å². The molecule has 118 valence electrons. The molecule has 0 saturated carbocycles. The lowest BCUT2D eigenvalue weighted by Crippen LogP contribution is -2.17. The Labute approximate surface area is 134 Å². The molecule has 22 heavy (non-hydrogen) atoms. The Morgan fingerprint density at radius 2 is 1.68 bits per heavy atom. The van der Waals surface area contributed by atoms with Gasteiger partial charge in [-0.1, -0.05) is 12.1 Å². The number of benzene rings is 1. The Kier molecular flexibility index (Phi) is 4.54. The molecular formula is C13H6F6INO. The molecule has 1 aromatic carbocycles. The normalized spacial score (nSPS) is 12.3. The van der Waals surface area contributed by atoms with Gasteiger partial charge in [0.1, 0.15) is 9.45 Å². The Morgan fingerprint density at radius 1 is 1.00 bits per heavy atom. The van der Waals surface area contributed by atoms with Gasteiger partial charge in [0.05, 0.1) is 5.56 Å². The van der Waals surface area contributed by atoms with Crippen LogP contribution in [0.15, 0.2) is 36.5 Å². The largest absolute Gasteiger partial charge is 0.573 e. The molecular weight excluding hydrogens is 427 g/mol. The Morgan fingerprint density at radius 3 is 2.27 bits per heavy atom. The average Bonchev–Trinajstić information content (AvgIpc) is 2.35. The minimum atomic E-state index is -4.92. The van der Waals surface area contributed by atoms with E-state index >= 15 is 0 Å². The third-order valence-electron chi connectivity index (χ3n) is 2.57. The molecule has 0 N–H and O–H groups in total. The lowest BCUT2D eigenvalue weighted by Gasteiger charge is -2.15. The van der Waals surface area contributed by atoms with Crippen molar-refractivity contribution in [1.29, 1.82) is 0 Å². The molecule has 0 saturated heterocycles. The van der Waals surface area contributed by atoms with Crippen molar-refractivity contribution in [2.24, 2.45) is 0 Å². The second-order valence-corrected chi connectivity index (χ2v) is 5.12. The van der Waals surface area contributed by atoms with E-state index in [0.717, 1.165) is 24.4 Å². The van der Waals surface area contributed by atoms with Gasteiger partial charge in [-0.05, 0) is 46.4 Å². The molecule has 2 nitrogen and oxygen atoms in total. The number of halogens is 7. The van der Waals surface area contributed by atoms with Gasteiger partial charge in [0.25, 0.3) is 0 Å². The van der Waals surface area contributed by atoms with Gasteiger partial charge in [0.2, 0.25) is 0 Å². The van der Waals surface area contributed by atoms with E-state index in [0.29, 0.717) is 0 Å². The molecule has 9 heteroatoms. The second kappa shape index (κ2) is 5.94. The number of nitrogens with zero attached hydrogens (tertiary/aromatic N) is 1. The van der Waals surface area contributed by atoms with Crippen LogP contribution in [0, 0.1) is 3.70 Å². The summed E-state index contributed by atoms with van der Waals surface area (Å²) in [5, 5.41) is 0. The predicted molar refractivity (Wildman–Crippen MR) is 74.1 cm³/mol. The molecule has 0 unspecified atom stereocenters. The minimum absolute atomic E-state index is 0.0246. The van der Waals surface area contributed by atoms with Crippen LogP contribution in [0.5, 0.6) is 5.75 Å². The monoisotopic (exact) mass is 433 g/mol. The first-order valence-corrected chi connectivity index (χ1v) is 6.74. The standard InChI is InChI=1S/C13H6F6INO/c14-12(15,16)9-4-5-21-11(20)10(9)7-2-1-3-8(6-7)22-13(17,18)19/h1-6H. The van der Waals surface area contributed by atoms with Gasteiger partial charge in [-0.25, -0.2) is 4.98 Å². The molecule has 0 spiro atoms. The van der Waals surface area contributed by atoms with Crippen LogP contribution >= 0.6 is 22.6 Å². The fraction of sp³-hybridized carbons (Fsp3) is 0.154. The topological polar surface area (TPSA) is 22.1 Å². The molecule has 2 aromatic rings. The summed E-state index contributed by atoms with van der Waals surface area (Å²) in [4.78, 5) is 3.76. The quantitative estimate of drug-likeness (QED) is 0.366. The Bertz CT molecular complexity index is 683. The molecule has 0 bridgehead atoms. The molecule has 0 radical (unpaired) electrons. The first kappa shape index (κ1) is 16.8. The van der Waals surface area contributed by atoms with Crippen LogP contribution < -0.4 is 4.74 Å². The lowest BCUT2D eigenvalue weighted by atomic mass is 10.0. The average molecular weight is 433 g/mol. The van der Waals surface area contributed by atoms with Crippen LogP contribution in [0.4, 0.5) is 26.3 Å². The predicted octanol–water partition coefficient (Wildman–Crippen LogP) is 5.27. The summed E-state index contributed by atoms with van der Waals surface area (Å²) < 4.78 is 79.5. The highest BCUT2D eigenvalue weighted by Crippen LogP contribution is 2.39. The number of alkyl halides is 6. The Hall–Kier alpha value is -1.52. The van der Waals surface area contributed by atoms with E-state index < -0.39 is 23.9 Å². The van der Waals surface area contributed by atoms with E-state index in [9.17, 15) is 26.3 Å². The number of hydrogen-bond acceptors (Lipinski definition) is 2. The molecule has 2 rings (SSSR count). The summed E-state index contributed by atoms with van der Waals surface area (Å²) in [6, 6.07) is 5.11. The number of pyridine rings is 1. The second-order valence-electron chi connectivity index (χ2n) is 4.10. The summed E-state index contributed by atoms with van der Waals surface area (Å²) in [6.07, 6.45) is -8.59.